The van der Waals surface area contributed by atoms with Crippen LogP contribution < -0.4 is 5.32 Å². The predicted octanol–water partition coefficient (Wildman–Crippen LogP) is 2.54. The highest BCUT2D eigenvalue weighted by Crippen LogP contribution is 2.22. The minimum atomic E-state index is -0.294. The zero-order valence-electron chi connectivity index (χ0n) is 9.58. The predicted molar refractivity (Wildman–Crippen MR) is 68.3 cm³/mol. The van der Waals surface area contributed by atoms with Crippen LogP contribution >= 0.6 is 11.8 Å². The number of nitriles is 1. The van der Waals surface area contributed by atoms with Crippen LogP contribution in [0.5, 0.6) is 0 Å². The average molecular weight is 250 g/mol. The summed E-state index contributed by atoms with van der Waals surface area (Å²) in [5.74, 6) is 2.89. The van der Waals surface area contributed by atoms with Gasteiger partial charge in [0.05, 0.1) is 11.6 Å². The van der Waals surface area contributed by atoms with Crippen molar-refractivity contribution in [3.05, 3.63) is 35.1 Å². The van der Waals surface area contributed by atoms with Crippen molar-refractivity contribution >= 4 is 11.8 Å². The third-order valence-corrected chi connectivity index (χ3v) is 4.19. The minimum Gasteiger partial charge on any atom is -0.312 e. The molecular formula is C13H15FN2S. The van der Waals surface area contributed by atoms with E-state index >= 15 is 0 Å². The summed E-state index contributed by atoms with van der Waals surface area (Å²) in [7, 11) is 0. The minimum absolute atomic E-state index is 0.294. The number of halogens is 1. The molecule has 1 heterocycles. The molecule has 1 N–H and O–H groups in total. The Labute approximate surface area is 105 Å². The molecule has 1 aliphatic rings. The van der Waals surface area contributed by atoms with Gasteiger partial charge < -0.3 is 5.32 Å². The molecule has 90 valence electrons. The molecule has 0 radical (unpaired) electrons. The zero-order chi connectivity index (χ0) is 12.1. The fourth-order valence-electron chi connectivity index (χ4n) is 1.92. The molecule has 1 aromatic carbocycles. The van der Waals surface area contributed by atoms with Crippen molar-refractivity contribution in [2.45, 2.75) is 13.0 Å². The quantitative estimate of drug-likeness (QED) is 0.892. The summed E-state index contributed by atoms with van der Waals surface area (Å²) in [6, 6.07) is 6.57. The molecule has 1 aromatic rings. The van der Waals surface area contributed by atoms with Gasteiger partial charge in [-0.3, -0.25) is 0 Å². The second kappa shape index (κ2) is 6.04. The smallest absolute Gasteiger partial charge is 0.129 e. The van der Waals surface area contributed by atoms with E-state index in [4.69, 9.17) is 5.26 Å². The topological polar surface area (TPSA) is 35.8 Å². The van der Waals surface area contributed by atoms with Crippen LogP contribution in [0.1, 0.15) is 17.5 Å². The molecule has 0 bridgehead atoms. The van der Waals surface area contributed by atoms with E-state index in [2.05, 4.69) is 5.32 Å². The number of nitrogens with zero attached hydrogens (tertiary/aromatic N) is 1. The number of thioether (sulfide) groups is 1. The Hall–Kier alpha value is -1.05. The maximum Gasteiger partial charge on any atom is 0.129 e. The molecule has 2 nitrogen and oxygen atoms in total. The van der Waals surface area contributed by atoms with E-state index in [1.165, 1.54) is 24.0 Å². The molecule has 0 saturated carbocycles. The normalized spacial score (nSPS) is 19.2. The van der Waals surface area contributed by atoms with Crippen LogP contribution in [0.15, 0.2) is 18.2 Å². The SMILES string of the molecule is N#Cc1ccc(CNCC2CCSC2)c(F)c1. The maximum atomic E-state index is 13.5. The Morgan fingerprint density at radius 1 is 1.53 bits per heavy atom. The first kappa shape index (κ1) is 12.4. The molecule has 17 heavy (non-hydrogen) atoms. The standard InChI is InChI=1S/C13H15FN2S/c14-13-5-10(6-15)1-2-12(13)8-16-7-11-3-4-17-9-11/h1-2,5,11,16H,3-4,7-9H2. The molecule has 1 saturated heterocycles. The van der Waals surface area contributed by atoms with Gasteiger partial charge in [-0.25, -0.2) is 4.39 Å². The van der Waals surface area contributed by atoms with Gasteiger partial charge in [0.1, 0.15) is 5.82 Å². The zero-order valence-corrected chi connectivity index (χ0v) is 10.4. The van der Waals surface area contributed by atoms with Crippen molar-refractivity contribution in [1.82, 2.24) is 5.32 Å². The van der Waals surface area contributed by atoms with Crippen LogP contribution in [-0.2, 0) is 6.54 Å². The van der Waals surface area contributed by atoms with Crippen molar-refractivity contribution < 1.29 is 4.39 Å². The molecule has 1 atom stereocenters. The van der Waals surface area contributed by atoms with Crippen molar-refractivity contribution in [2.24, 2.45) is 5.92 Å². The van der Waals surface area contributed by atoms with Gasteiger partial charge >= 0.3 is 0 Å². The third kappa shape index (κ3) is 3.45. The first-order valence-corrected chi connectivity index (χ1v) is 6.92. The fraction of sp³-hybridized carbons (Fsp3) is 0.462. The first-order valence-electron chi connectivity index (χ1n) is 5.76. The number of hydrogen-bond acceptors (Lipinski definition) is 3. The Morgan fingerprint density at radius 2 is 2.41 bits per heavy atom. The lowest BCUT2D eigenvalue weighted by Gasteiger charge is -2.10. The molecule has 1 aliphatic heterocycles. The van der Waals surface area contributed by atoms with E-state index in [0.717, 1.165) is 12.5 Å². The van der Waals surface area contributed by atoms with Crippen LogP contribution in [0.2, 0.25) is 0 Å². The van der Waals surface area contributed by atoms with Crippen LogP contribution in [0, 0.1) is 23.1 Å². The number of hydrogen-bond donors (Lipinski definition) is 1. The number of benzene rings is 1. The summed E-state index contributed by atoms with van der Waals surface area (Å²) in [5.41, 5.74) is 1.01. The Kier molecular flexibility index (Phi) is 4.41. The summed E-state index contributed by atoms with van der Waals surface area (Å²) in [4.78, 5) is 0. The summed E-state index contributed by atoms with van der Waals surface area (Å²) in [6.07, 6.45) is 1.26. The molecule has 4 heteroatoms. The van der Waals surface area contributed by atoms with Gasteiger partial charge in [-0.05, 0) is 42.5 Å². The lowest BCUT2D eigenvalue weighted by molar-refractivity contribution is 0.512. The van der Waals surface area contributed by atoms with E-state index in [0.29, 0.717) is 17.7 Å². The van der Waals surface area contributed by atoms with Gasteiger partial charge in [0, 0.05) is 12.1 Å². The van der Waals surface area contributed by atoms with Crippen LogP contribution in [0.25, 0.3) is 0 Å². The third-order valence-electron chi connectivity index (χ3n) is 2.95. The Balaban J connectivity index is 1.84. The van der Waals surface area contributed by atoms with Gasteiger partial charge in [-0.1, -0.05) is 6.07 Å². The summed E-state index contributed by atoms with van der Waals surface area (Å²) in [5, 5.41) is 11.9. The highest BCUT2D eigenvalue weighted by Gasteiger charge is 2.14. The van der Waals surface area contributed by atoms with E-state index in [-0.39, 0.29) is 5.82 Å². The summed E-state index contributed by atoms with van der Waals surface area (Å²) >= 11 is 1.99. The summed E-state index contributed by atoms with van der Waals surface area (Å²) in [6.45, 7) is 1.49. The molecule has 2 rings (SSSR count). The van der Waals surface area contributed by atoms with Gasteiger partial charge in [-0.2, -0.15) is 17.0 Å². The van der Waals surface area contributed by atoms with Crippen molar-refractivity contribution in [2.75, 3.05) is 18.1 Å². The monoisotopic (exact) mass is 250 g/mol. The van der Waals surface area contributed by atoms with Crippen molar-refractivity contribution in [3.63, 3.8) is 0 Å². The maximum absolute atomic E-state index is 13.5. The highest BCUT2D eigenvalue weighted by molar-refractivity contribution is 7.99. The van der Waals surface area contributed by atoms with Gasteiger partial charge in [0.2, 0.25) is 0 Å². The summed E-state index contributed by atoms with van der Waals surface area (Å²) < 4.78 is 13.5. The van der Waals surface area contributed by atoms with Crippen LogP contribution in [-0.4, -0.2) is 18.1 Å². The van der Waals surface area contributed by atoms with E-state index in [9.17, 15) is 4.39 Å². The first-order chi connectivity index (χ1) is 8.29. The Bertz CT molecular complexity index is 422. The molecule has 0 amide bonds. The van der Waals surface area contributed by atoms with Crippen LogP contribution in [0.4, 0.5) is 4.39 Å². The van der Waals surface area contributed by atoms with E-state index < -0.39 is 0 Å². The van der Waals surface area contributed by atoms with Gasteiger partial charge in [0.25, 0.3) is 0 Å². The van der Waals surface area contributed by atoms with Crippen LogP contribution in [0.3, 0.4) is 0 Å². The lowest BCUT2D eigenvalue weighted by Crippen LogP contribution is -2.22. The molecule has 1 fully saturated rings. The molecule has 0 aliphatic carbocycles. The van der Waals surface area contributed by atoms with Crippen molar-refractivity contribution in [1.29, 1.82) is 5.26 Å². The highest BCUT2D eigenvalue weighted by atomic mass is 32.2. The second-order valence-corrected chi connectivity index (χ2v) is 5.43. The van der Waals surface area contributed by atoms with Crippen molar-refractivity contribution in [3.8, 4) is 6.07 Å². The van der Waals surface area contributed by atoms with E-state index in [1.54, 1.807) is 12.1 Å². The lowest BCUT2D eigenvalue weighted by atomic mass is 10.1. The van der Waals surface area contributed by atoms with E-state index in [1.807, 2.05) is 17.8 Å². The Morgan fingerprint density at radius 3 is 3.06 bits per heavy atom. The van der Waals surface area contributed by atoms with Gasteiger partial charge in [-0.15, -0.1) is 0 Å². The fourth-order valence-corrected chi connectivity index (χ4v) is 3.20. The average Bonchev–Trinajstić information content (AvgIpc) is 2.84. The largest absolute Gasteiger partial charge is 0.312 e. The molecular weight excluding hydrogens is 235 g/mol. The molecule has 0 spiro atoms. The second-order valence-electron chi connectivity index (χ2n) is 4.28. The number of nitrogens with one attached hydrogen (secondary N) is 1. The number of rotatable bonds is 4. The molecule has 0 aromatic heterocycles. The molecule has 1 unspecified atom stereocenters. The van der Waals surface area contributed by atoms with Gasteiger partial charge in [0.15, 0.2) is 0 Å².